The van der Waals surface area contributed by atoms with E-state index in [9.17, 15) is 9.18 Å². The van der Waals surface area contributed by atoms with Crippen LogP contribution in [0.25, 0.3) is 0 Å². The van der Waals surface area contributed by atoms with E-state index in [1.54, 1.807) is 24.3 Å². The topological polar surface area (TPSA) is 29.1 Å². The maximum atomic E-state index is 13.0. The van der Waals surface area contributed by atoms with E-state index in [1.165, 1.54) is 12.1 Å². The van der Waals surface area contributed by atoms with Crippen LogP contribution in [0.15, 0.2) is 48.5 Å². The Labute approximate surface area is 119 Å². The number of nitrogens with one attached hydrogen (secondary N) is 1. The molecule has 0 aliphatic rings. The summed E-state index contributed by atoms with van der Waals surface area (Å²) in [6.07, 6.45) is 0. The molecule has 1 amide bonds. The fraction of sp³-hybridized carbons (Fsp3) is 0.133. The second-order valence-electron chi connectivity index (χ2n) is 4.14. The molecule has 2 rings (SSSR count). The lowest BCUT2D eigenvalue weighted by Crippen LogP contribution is -2.22. The molecule has 0 aromatic heterocycles. The summed E-state index contributed by atoms with van der Waals surface area (Å²) in [5, 5.41) is 3.52. The first-order valence-corrected chi connectivity index (χ1v) is 6.99. The fourth-order valence-corrected chi connectivity index (χ4v) is 2.05. The molecule has 1 N–H and O–H groups in total. The fourth-order valence-electron chi connectivity index (χ4n) is 1.68. The summed E-state index contributed by atoms with van der Waals surface area (Å²) in [6.45, 7) is 0.316. The Kier molecular flexibility index (Phi) is 4.68. The molecule has 0 radical (unpaired) electrons. The van der Waals surface area contributed by atoms with Crippen molar-refractivity contribution in [1.29, 1.82) is 0 Å². The highest BCUT2D eigenvalue weighted by Gasteiger charge is 2.05. The third-order valence-corrected chi connectivity index (χ3v) is 3.36. The standard InChI is InChI=1S/C15H13BrFNO/c16-9-11-4-6-13(7-5-11)15(19)18-10-12-2-1-3-14(17)8-12/h1-8H,9-10H2,(H,18,19). The zero-order valence-electron chi connectivity index (χ0n) is 10.2. The van der Waals surface area contributed by atoms with Gasteiger partial charge in [0.25, 0.3) is 5.91 Å². The molecule has 0 spiro atoms. The molecule has 0 unspecified atom stereocenters. The van der Waals surface area contributed by atoms with Crippen molar-refractivity contribution in [2.45, 2.75) is 11.9 Å². The second kappa shape index (κ2) is 6.48. The summed E-state index contributed by atoms with van der Waals surface area (Å²) in [6, 6.07) is 13.5. The van der Waals surface area contributed by atoms with Gasteiger partial charge in [-0.05, 0) is 35.4 Å². The van der Waals surface area contributed by atoms with Crippen LogP contribution in [-0.2, 0) is 11.9 Å². The average molecular weight is 322 g/mol. The molecule has 0 bridgehead atoms. The quantitative estimate of drug-likeness (QED) is 0.856. The number of hydrogen-bond donors (Lipinski definition) is 1. The van der Waals surface area contributed by atoms with E-state index in [0.717, 1.165) is 16.5 Å². The van der Waals surface area contributed by atoms with Gasteiger partial charge in [-0.3, -0.25) is 4.79 Å². The van der Waals surface area contributed by atoms with Crippen LogP contribution in [0.1, 0.15) is 21.5 Å². The maximum Gasteiger partial charge on any atom is 0.251 e. The van der Waals surface area contributed by atoms with Gasteiger partial charge in [-0.15, -0.1) is 0 Å². The summed E-state index contributed by atoms with van der Waals surface area (Å²) in [5.41, 5.74) is 2.45. The van der Waals surface area contributed by atoms with Crippen molar-refractivity contribution in [3.05, 3.63) is 71.0 Å². The highest BCUT2D eigenvalue weighted by molar-refractivity contribution is 9.08. The predicted molar refractivity (Wildman–Crippen MR) is 76.6 cm³/mol. The first-order valence-electron chi connectivity index (χ1n) is 5.86. The number of rotatable bonds is 4. The van der Waals surface area contributed by atoms with Crippen molar-refractivity contribution in [2.24, 2.45) is 0 Å². The molecule has 0 saturated carbocycles. The normalized spacial score (nSPS) is 10.2. The van der Waals surface area contributed by atoms with Crippen LogP contribution in [0.4, 0.5) is 4.39 Å². The van der Waals surface area contributed by atoms with Gasteiger partial charge < -0.3 is 5.32 Å². The minimum Gasteiger partial charge on any atom is -0.348 e. The van der Waals surface area contributed by atoms with E-state index in [2.05, 4.69) is 21.2 Å². The maximum absolute atomic E-state index is 13.0. The summed E-state index contributed by atoms with van der Waals surface area (Å²) in [5.74, 6) is -0.459. The van der Waals surface area contributed by atoms with Gasteiger partial charge in [0.15, 0.2) is 0 Å². The van der Waals surface area contributed by atoms with Crippen molar-refractivity contribution in [1.82, 2.24) is 5.32 Å². The Bertz CT molecular complexity index is 569. The Morgan fingerprint density at radius 2 is 1.84 bits per heavy atom. The van der Waals surface area contributed by atoms with E-state index in [1.807, 2.05) is 12.1 Å². The monoisotopic (exact) mass is 321 g/mol. The van der Waals surface area contributed by atoms with Gasteiger partial charge in [0, 0.05) is 17.4 Å². The Balaban J connectivity index is 1.97. The number of hydrogen-bond acceptors (Lipinski definition) is 1. The minimum absolute atomic E-state index is 0.162. The van der Waals surface area contributed by atoms with Gasteiger partial charge in [0.2, 0.25) is 0 Å². The van der Waals surface area contributed by atoms with Crippen molar-refractivity contribution < 1.29 is 9.18 Å². The number of alkyl halides is 1. The first-order chi connectivity index (χ1) is 9.19. The first kappa shape index (κ1) is 13.7. The highest BCUT2D eigenvalue weighted by Crippen LogP contribution is 2.08. The van der Waals surface area contributed by atoms with E-state index >= 15 is 0 Å². The highest BCUT2D eigenvalue weighted by atomic mass is 79.9. The van der Waals surface area contributed by atoms with E-state index < -0.39 is 0 Å². The molecule has 0 fully saturated rings. The van der Waals surface area contributed by atoms with Crippen LogP contribution >= 0.6 is 15.9 Å². The lowest BCUT2D eigenvalue weighted by atomic mass is 10.1. The van der Waals surface area contributed by atoms with E-state index in [0.29, 0.717) is 12.1 Å². The number of carbonyl (C=O) groups excluding carboxylic acids is 1. The van der Waals surface area contributed by atoms with Crippen molar-refractivity contribution in [2.75, 3.05) is 0 Å². The third kappa shape index (κ3) is 3.89. The van der Waals surface area contributed by atoms with Crippen LogP contribution in [0.5, 0.6) is 0 Å². The third-order valence-electron chi connectivity index (χ3n) is 2.71. The molecule has 0 saturated heterocycles. The molecular weight excluding hydrogens is 309 g/mol. The smallest absolute Gasteiger partial charge is 0.251 e. The molecular formula is C15H13BrFNO. The van der Waals surface area contributed by atoms with Crippen molar-refractivity contribution >= 4 is 21.8 Å². The second-order valence-corrected chi connectivity index (χ2v) is 4.70. The molecule has 4 heteroatoms. The zero-order valence-corrected chi connectivity index (χ0v) is 11.8. The average Bonchev–Trinajstić information content (AvgIpc) is 2.45. The van der Waals surface area contributed by atoms with Gasteiger partial charge in [0.1, 0.15) is 5.82 Å². The lowest BCUT2D eigenvalue weighted by molar-refractivity contribution is 0.0951. The molecule has 2 aromatic carbocycles. The number of benzene rings is 2. The summed E-state index contributed by atoms with van der Waals surface area (Å²) < 4.78 is 13.0. The Morgan fingerprint density at radius 1 is 1.11 bits per heavy atom. The zero-order chi connectivity index (χ0) is 13.7. The van der Waals surface area contributed by atoms with Gasteiger partial charge in [0.05, 0.1) is 0 Å². The molecule has 2 nitrogen and oxygen atoms in total. The molecule has 98 valence electrons. The number of carbonyl (C=O) groups is 1. The van der Waals surface area contributed by atoms with Crippen LogP contribution < -0.4 is 5.32 Å². The van der Waals surface area contributed by atoms with Crippen molar-refractivity contribution in [3.8, 4) is 0 Å². The summed E-state index contributed by atoms with van der Waals surface area (Å²) in [7, 11) is 0. The Morgan fingerprint density at radius 3 is 2.47 bits per heavy atom. The van der Waals surface area contributed by atoms with Gasteiger partial charge in [-0.1, -0.05) is 40.2 Å². The van der Waals surface area contributed by atoms with Gasteiger partial charge in [-0.2, -0.15) is 0 Å². The largest absolute Gasteiger partial charge is 0.348 e. The predicted octanol–water partition coefficient (Wildman–Crippen LogP) is 3.65. The van der Waals surface area contributed by atoms with Gasteiger partial charge in [-0.25, -0.2) is 4.39 Å². The molecule has 19 heavy (non-hydrogen) atoms. The molecule has 0 aliphatic carbocycles. The number of halogens is 2. The molecule has 2 aromatic rings. The van der Waals surface area contributed by atoms with Crippen LogP contribution in [0.3, 0.4) is 0 Å². The van der Waals surface area contributed by atoms with E-state index in [-0.39, 0.29) is 11.7 Å². The van der Waals surface area contributed by atoms with Crippen LogP contribution in [0.2, 0.25) is 0 Å². The summed E-state index contributed by atoms with van der Waals surface area (Å²) in [4.78, 5) is 11.9. The van der Waals surface area contributed by atoms with E-state index in [4.69, 9.17) is 0 Å². The molecule has 0 aliphatic heterocycles. The number of amides is 1. The Hall–Kier alpha value is -1.68. The SMILES string of the molecule is O=C(NCc1cccc(F)c1)c1ccc(CBr)cc1. The van der Waals surface area contributed by atoms with Crippen LogP contribution in [0, 0.1) is 5.82 Å². The van der Waals surface area contributed by atoms with Gasteiger partial charge >= 0.3 is 0 Å². The minimum atomic E-state index is -0.298. The van der Waals surface area contributed by atoms with Crippen molar-refractivity contribution in [3.63, 3.8) is 0 Å². The lowest BCUT2D eigenvalue weighted by Gasteiger charge is -2.06. The summed E-state index contributed by atoms with van der Waals surface area (Å²) >= 11 is 3.35. The molecule has 0 heterocycles. The molecule has 0 atom stereocenters. The van der Waals surface area contributed by atoms with Crippen LogP contribution in [-0.4, -0.2) is 5.91 Å².